The number of amides is 1. The van der Waals surface area contributed by atoms with Crippen molar-refractivity contribution in [3.8, 4) is 5.75 Å². The summed E-state index contributed by atoms with van der Waals surface area (Å²) in [7, 11) is 0. The van der Waals surface area contributed by atoms with Crippen molar-refractivity contribution in [3.63, 3.8) is 0 Å². The Morgan fingerprint density at radius 1 is 1.35 bits per heavy atom. The SMILES string of the molecule is CC1(C)Oc2c(C(N)=O)cccc2C1OC(=O)C(=O)O. The smallest absolute Gasteiger partial charge is 0.418 e. The molecule has 1 aromatic rings. The maximum absolute atomic E-state index is 11.3. The molecule has 106 valence electrons. The number of hydrogen-bond donors (Lipinski definition) is 2. The number of carbonyl (C=O) groups excluding carboxylic acids is 2. The first kappa shape index (κ1) is 13.9. The van der Waals surface area contributed by atoms with Gasteiger partial charge >= 0.3 is 11.9 Å². The first-order valence-corrected chi connectivity index (χ1v) is 5.79. The summed E-state index contributed by atoms with van der Waals surface area (Å²) in [5, 5.41) is 8.61. The molecule has 1 heterocycles. The van der Waals surface area contributed by atoms with Crippen molar-refractivity contribution in [1.29, 1.82) is 0 Å². The lowest BCUT2D eigenvalue weighted by atomic mass is 9.96. The van der Waals surface area contributed by atoms with Crippen LogP contribution in [0.2, 0.25) is 0 Å². The maximum Gasteiger partial charge on any atom is 0.418 e. The van der Waals surface area contributed by atoms with Crippen LogP contribution in [0.1, 0.15) is 35.9 Å². The minimum atomic E-state index is -1.69. The van der Waals surface area contributed by atoms with Crippen molar-refractivity contribution >= 4 is 17.8 Å². The highest BCUT2D eigenvalue weighted by Crippen LogP contribution is 2.46. The van der Waals surface area contributed by atoms with Gasteiger partial charge in [0.05, 0.1) is 5.56 Å². The molecule has 0 aromatic heterocycles. The maximum atomic E-state index is 11.3. The summed E-state index contributed by atoms with van der Waals surface area (Å²) in [5.41, 5.74) is 4.82. The summed E-state index contributed by atoms with van der Waals surface area (Å²) in [6.07, 6.45) is -0.930. The Labute approximate surface area is 114 Å². The van der Waals surface area contributed by atoms with Crippen LogP contribution in [0, 0.1) is 0 Å². The molecule has 1 amide bonds. The van der Waals surface area contributed by atoms with Crippen LogP contribution in [0.15, 0.2) is 18.2 Å². The average molecular weight is 279 g/mol. The summed E-state index contributed by atoms with van der Waals surface area (Å²) < 4.78 is 10.5. The summed E-state index contributed by atoms with van der Waals surface area (Å²) in [6, 6.07) is 4.64. The van der Waals surface area contributed by atoms with Crippen LogP contribution >= 0.6 is 0 Å². The topological polar surface area (TPSA) is 116 Å². The van der Waals surface area contributed by atoms with Crippen molar-refractivity contribution in [2.75, 3.05) is 0 Å². The number of benzene rings is 1. The van der Waals surface area contributed by atoms with E-state index in [9.17, 15) is 14.4 Å². The third-order valence-electron chi connectivity index (χ3n) is 2.99. The number of primary amides is 1. The molecule has 0 saturated carbocycles. The van der Waals surface area contributed by atoms with E-state index in [0.29, 0.717) is 5.56 Å². The number of hydrogen-bond acceptors (Lipinski definition) is 5. The fourth-order valence-corrected chi connectivity index (χ4v) is 2.12. The van der Waals surface area contributed by atoms with E-state index in [1.54, 1.807) is 26.0 Å². The second kappa shape index (κ2) is 4.52. The van der Waals surface area contributed by atoms with Gasteiger partial charge in [-0.05, 0) is 19.9 Å². The number of esters is 1. The first-order valence-electron chi connectivity index (χ1n) is 5.79. The molecule has 2 rings (SSSR count). The Morgan fingerprint density at radius 2 is 2.00 bits per heavy atom. The van der Waals surface area contributed by atoms with Crippen LogP contribution in [0.5, 0.6) is 5.75 Å². The zero-order chi connectivity index (χ0) is 15.1. The van der Waals surface area contributed by atoms with Gasteiger partial charge in [0.15, 0.2) is 6.10 Å². The van der Waals surface area contributed by atoms with Gasteiger partial charge < -0.3 is 20.3 Å². The molecular weight excluding hydrogens is 266 g/mol. The highest BCUT2D eigenvalue weighted by atomic mass is 16.6. The Bertz CT molecular complexity index is 607. The van der Waals surface area contributed by atoms with Gasteiger partial charge in [0, 0.05) is 5.56 Å². The van der Waals surface area contributed by atoms with Gasteiger partial charge in [-0.15, -0.1) is 0 Å². The molecule has 1 atom stereocenters. The molecule has 7 heteroatoms. The highest BCUT2D eigenvalue weighted by molar-refractivity contribution is 6.28. The number of aliphatic carboxylic acids is 1. The zero-order valence-corrected chi connectivity index (χ0v) is 10.9. The number of carboxylic acids is 1. The Hall–Kier alpha value is -2.57. The minimum absolute atomic E-state index is 0.157. The van der Waals surface area contributed by atoms with Gasteiger partial charge in [-0.25, -0.2) is 9.59 Å². The van der Waals surface area contributed by atoms with Gasteiger partial charge in [0.2, 0.25) is 0 Å². The van der Waals surface area contributed by atoms with E-state index in [0.717, 1.165) is 0 Å². The van der Waals surface area contributed by atoms with Crippen molar-refractivity contribution in [1.82, 2.24) is 0 Å². The number of carboxylic acid groups (broad SMARTS) is 1. The summed E-state index contributed by atoms with van der Waals surface area (Å²) in [6.45, 7) is 3.25. The van der Waals surface area contributed by atoms with Gasteiger partial charge in [-0.2, -0.15) is 0 Å². The molecule has 1 aliphatic rings. The molecule has 7 nitrogen and oxygen atoms in total. The fraction of sp³-hybridized carbons (Fsp3) is 0.308. The normalized spacial score (nSPS) is 18.8. The number of carbonyl (C=O) groups is 3. The summed E-state index contributed by atoms with van der Waals surface area (Å²) in [5.74, 6) is -3.54. The Kier molecular flexibility index (Phi) is 3.13. The number of fused-ring (bicyclic) bond motifs is 1. The van der Waals surface area contributed by atoms with E-state index in [4.69, 9.17) is 20.3 Å². The standard InChI is InChI=1S/C13H13NO6/c1-13(2)9(19-12(18)11(16)17)6-4-3-5-7(10(14)15)8(6)20-13/h3-5,9H,1-2H3,(H2,14,15)(H,16,17). The second-order valence-corrected chi connectivity index (χ2v) is 4.88. The van der Waals surface area contributed by atoms with E-state index in [-0.39, 0.29) is 11.3 Å². The zero-order valence-electron chi connectivity index (χ0n) is 10.9. The van der Waals surface area contributed by atoms with Crippen molar-refractivity contribution in [2.45, 2.75) is 25.6 Å². The summed E-state index contributed by atoms with van der Waals surface area (Å²) >= 11 is 0. The predicted octanol–water partition coefficient (Wildman–Crippen LogP) is 0.625. The number of nitrogens with two attached hydrogens (primary N) is 1. The third kappa shape index (κ3) is 2.18. The highest BCUT2D eigenvalue weighted by Gasteiger charge is 2.46. The monoisotopic (exact) mass is 279 g/mol. The van der Waals surface area contributed by atoms with E-state index in [2.05, 4.69) is 0 Å². The lowest BCUT2D eigenvalue weighted by Gasteiger charge is -2.25. The average Bonchev–Trinajstić information content (AvgIpc) is 2.59. The first-order chi connectivity index (χ1) is 9.24. The third-order valence-corrected chi connectivity index (χ3v) is 2.99. The van der Waals surface area contributed by atoms with Gasteiger partial charge in [-0.1, -0.05) is 12.1 Å². The number of rotatable bonds is 2. The van der Waals surface area contributed by atoms with Crippen molar-refractivity contribution in [2.24, 2.45) is 5.73 Å². The Balaban J connectivity index is 2.46. The van der Waals surface area contributed by atoms with Gasteiger partial charge in [0.25, 0.3) is 5.91 Å². The molecular formula is C13H13NO6. The quantitative estimate of drug-likeness (QED) is 0.605. The largest absolute Gasteiger partial charge is 0.482 e. The molecule has 20 heavy (non-hydrogen) atoms. The van der Waals surface area contributed by atoms with Crippen LogP contribution in [-0.2, 0) is 14.3 Å². The molecule has 0 fully saturated rings. The van der Waals surface area contributed by atoms with Crippen molar-refractivity contribution in [3.05, 3.63) is 29.3 Å². The molecule has 0 radical (unpaired) electrons. The molecule has 0 spiro atoms. The van der Waals surface area contributed by atoms with E-state index < -0.39 is 29.6 Å². The van der Waals surface area contributed by atoms with Gasteiger partial charge in [0.1, 0.15) is 11.4 Å². The minimum Gasteiger partial charge on any atom is -0.482 e. The van der Waals surface area contributed by atoms with Crippen LogP contribution < -0.4 is 10.5 Å². The van der Waals surface area contributed by atoms with E-state index in [1.807, 2.05) is 0 Å². The molecule has 0 saturated heterocycles. The molecule has 1 unspecified atom stereocenters. The van der Waals surface area contributed by atoms with E-state index in [1.165, 1.54) is 6.07 Å². The van der Waals surface area contributed by atoms with Crippen LogP contribution in [-0.4, -0.2) is 28.6 Å². The second-order valence-electron chi connectivity index (χ2n) is 4.88. The van der Waals surface area contributed by atoms with Crippen LogP contribution in [0.25, 0.3) is 0 Å². The van der Waals surface area contributed by atoms with Crippen LogP contribution in [0.4, 0.5) is 0 Å². The lowest BCUT2D eigenvalue weighted by Crippen LogP contribution is -2.34. The molecule has 1 aromatic carbocycles. The Morgan fingerprint density at radius 3 is 2.55 bits per heavy atom. The molecule has 0 aliphatic carbocycles. The molecule has 0 bridgehead atoms. The van der Waals surface area contributed by atoms with Crippen LogP contribution in [0.3, 0.4) is 0 Å². The summed E-state index contributed by atoms with van der Waals surface area (Å²) in [4.78, 5) is 33.2. The lowest BCUT2D eigenvalue weighted by molar-refractivity contribution is -0.172. The van der Waals surface area contributed by atoms with Crippen molar-refractivity contribution < 1.29 is 29.0 Å². The number of ether oxygens (including phenoxy) is 2. The van der Waals surface area contributed by atoms with Gasteiger partial charge in [-0.3, -0.25) is 4.79 Å². The molecule has 3 N–H and O–H groups in total. The number of para-hydroxylation sites is 1. The fourth-order valence-electron chi connectivity index (χ4n) is 2.12. The van der Waals surface area contributed by atoms with E-state index >= 15 is 0 Å². The molecule has 1 aliphatic heterocycles. The predicted molar refractivity (Wildman–Crippen MR) is 66.1 cm³/mol.